The first-order chi connectivity index (χ1) is 10.0. The molecule has 6 heteroatoms. The molecule has 21 heavy (non-hydrogen) atoms. The van der Waals surface area contributed by atoms with Gasteiger partial charge in [-0.1, -0.05) is 18.2 Å². The number of hydrogen-bond donors (Lipinski definition) is 1. The molecule has 112 valence electrons. The lowest BCUT2D eigenvalue weighted by atomic mass is 10.1. The first-order valence-corrected chi connectivity index (χ1v) is 7.55. The molecule has 0 spiro atoms. The monoisotopic (exact) mass is 313 g/mol. The van der Waals surface area contributed by atoms with E-state index in [2.05, 4.69) is 10.1 Å². The highest BCUT2D eigenvalue weighted by molar-refractivity contribution is 7.10. The maximum Gasteiger partial charge on any atom is 0.573 e. The van der Waals surface area contributed by atoms with Crippen LogP contribution in [-0.4, -0.2) is 6.36 Å². The van der Waals surface area contributed by atoms with Crippen molar-refractivity contribution in [1.29, 1.82) is 0 Å². The minimum atomic E-state index is -4.68. The van der Waals surface area contributed by atoms with E-state index in [0.717, 1.165) is 17.7 Å². The Morgan fingerprint density at radius 1 is 1.14 bits per heavy atom. The highest BCUT2D eigenvalue weighted by Crippen LogP contribution is 2.45. The number of hydrogen-bond acceptors (Lipinski definition) is 3. The number of halogens is 3. The second-order valence-electron chi connectivity index (χ2n) is 5.02. The average Bonchev–Trinajstić information content (AvgIpc) is 3.10. The van der Waals surface area contributed by atoms with Crippen LogP contribution in [0, 0.1) is 5.92 Å². The minimum absolute atomic E-state index is 0.0444. The van der Waals surface area contributed by atoms with Crippen LogP contribution in [0.3, 0.4) is 0 Å². The summed E-state index contributed by atoms with van der Waals surface area (Å²) in [6.45, 7) is 0. The van der Waals surface area contributed by atoms with Crippen molar-refractivity contribution in [3.63, 3.8) is 0 Å². The molecular weight excluding hydrogens is 299 g/mol. The van der Waals surface area contributed by atoms with Crippen LogP contribution in [0.25, 0.3) is 0 Å². The van der Waals surface area contributed by atoms with E-state index >= 15 is 0 Å². The van der Waals surface area contributed by atoms with E-state index in [9.17, 15) is 13.2 Å². The molecule has 0 amide bonds. The normalized spacial score (nSPS) is 16.5. The van der Waals surface area contributed by atoms with Gasteiger partial charge in [-0.05, 0) is 42.3 Å². The zero-order valence-electron chi connectivity index (χ0n) is 11.1. The Hall–Kier alpha value is -1.69. The molecule has 1 fully saturated rings. The molecule has 1 N–H and O–H groups in total. The number of alkyl halides is 3. The van der Waals surface area contributed by atoms with Crippen molar-refractivity contribution in [3.05, 3.63) is 46.7 Å². The summed E-state index contributed by atoms with van der Waals surface area (Å²) in [7, 11) is 0. The molecule has 1 aliphatic carbocycles. The molecule has 1 unspecified atom stereocenters. The summed E-state index contributed by atoms with van der Waals surface area (Å²) in [4.78, 5) is 1.14. The van der Waals surface area contributed by atoms with E-state index in [1.165, 1.54) is 12.1 Å². The van der Waals surface area contributed by atoms with Gasteiger partial charge in [0.25, 0.3) is 0 Å². The van der Waals surface area contributed by atoms with Crippen LogP contribution in [0.15, 0.2) is 41.8 Å². The summed E-state index contributed by atoms with van der Waals surface area (Å²) >= 11 is 1.61. The summed E-state index contributed by atoms with van der Waals surface area (Å²) in [5.41, 5.74) is 0.375. The van der Waals surface area contributed by atoms with Gasteiger partial charge < -0.3 is 10.1 Å². The van der Waals surface area contributed by atoms with Gasteiger partial charge in [0.15, 0.2) is 5.75 Å². The van der Waals surface area contributed by atoms with Crippen molar-refractivity contribution in [2.75, 3.05) is 5.32 Å². The molecule has 1 heterocycles. The molecule has 0 aliphatic heterocycles. The number of thiophene rings is 1. The van der Waals surface area contributed by atoms with E-state index in [4.69, 9.17) is 0 Å². The third kappa shape index (κ3) is 3.69. The zero-order chi connectivity index (χ0) is 14.9. The Morgan fingerprint density at radius 2 is 1.90 bits per heavy atom. The minimum Gasteiger partial charge on any atom is -0.404 e. The van der Waals surface area contributed by atoms with E-state index in [1.807, 2.05) is 17.5 Å². The SMILES string of the molecule is FC(F)(F)Oc1ccccc1NC(c1cccs1)C1CC1. The maximum atomic E-state index is 12.5. The predicted octanol–water partition coefficient (Wildman–Crippen LogP) is 5.21. The second kappa shape index (κ2) is 5.60. The van der Waals surface area contributed by atoms with E-state index in [-0.39, 0.29) is 11.8 Å². The van der Waals surface area contributed by atoms with Gasteiger partial charge in [-0.15, -0.1) is 24.5 Å². The molecule has 0 radical (unpaired) electrons. The highest BCUT2D eigenvalue weighted by atomic mass is 32.1. The van der Waals surface area contributed by atoms with Crippen molar-refractivity contribution in [2.24, 2.45) is 5.92 Å². The Balaban J connectivity index is 1.83. The Morgan fingerprint density at radius 3 is 2.52 bits per heavy atom. The fourth-order valence-corrected chi connectivity index (χ4v) is 3.16. The lowest BCUT2D eigenvalue weighted by Gasteiger charge is -2.21. The predicted molar refractivity (Wildman–Crippen MR) is 76.5 cm³/mol. The summed E-state index contributed by atoms with van der Waals surface area (Å²) in [6.07, 6.45) is -2.49. The molecule has 1 aromatic heterocycles. The molecule has 2 nitrogen and oxygen atoms in total. The highest BCUT2D eigenvalue weighted by Gasteiger charge is 2.35. The molecular formula is C15H14F3NOS. The lowest BCUT2D eigenvalue weighted by molar-refractivity contribution is -0.274. The summed E-state index contributed by atoms with van der Waals surface area (Å²) in [5.74, 6) is 0.287. The van der Waals surface area contributed by atoms with E-state index in [0.29, 0.717) is 11.6 Å². The Labute approximate surface area is 124 Å². The molecule has 1 aliphatic rings. The number of benzene rings is 1. The van der Waals surface area contributed by atoms with Gasteiger partial charge in [0.05, 0.1) is 11.7 Å². The lowest BCUT2D eigenvalue weighted by Crippen LogP contribution is -2.19. The fourth-order valence-electron chi connectivity index (χ4n) is 2.29. The van der Waals surface area contributed by atoms with E-state index < -0.39 is 6.36 Å². The number of para-hydroxylation sites is 2. The van der Waals surface area contributed by atoms with Crippen LogP contribution in [-0.2, 0) is 0 Å². The van der Waals surface area contributed by atoms with Crippen molar-refractivity contribution in [2.45, 2.75) is 25.2 Å². The van der Waals surface area contributed by atoms with Crippen LogP contribution in [0.4, 0.5) is 18.9 Å². The van der Waals surface area contributed by atoms with Gasteiger partial charge in [-0.2, -0.15) is 0 Å². The summed E-state index contributed by atoms with van der Waals surface area (Å²) < 4.78 is 41.5. The molecule has 0 bridgehead atoms. The van der Waals surface area contributed by atoms with Crippen LogP contribution in [0.2, 0.25) is 0 Å². The number of ether oxygens (including phenoxy) is 1. The van der Waals surface area contributed by atoms with E-state index in [1.54, 1.807) is 23.5 Å². The third-order valence-electron chi connectivity index (χ3n) is 3.37. The Kier molecular flexibility index (Phi) is 3.80. The van der Waals surface area contributed by atoms with Crippen molar-refractivity contribution in [1.82, 2.24) is 0 Å². The standard InChI is InChI=1S/C15H14F3NOS/c16-15(17,18)20-12-5-2-1-4-11(12)19-14(10-7-8-10)13-6-3-9-21-13/h1-6,9-10,14,19H,7-8H2. The molecule has 0 saturated heterocycles. The van der Waals surface area contributed by atoms with Gasteiger partial charge in [0.2, 0.25) is 0 Å². The van der Waals surface area contributed by atoms with Crippen molar-refractivity contribution < 1.29 is 17.9 Å². The fraction of sp³-hybridized carbons (Fsp3) is 0.333. The van der Waals surface area contributed by atoms with Crippen LogP contribution < -0.4 is 10.1 Å². The van der Waals surface area contributed by atoms with Crippen LogP contribution in [0.5, 0.6) is 5.75 Å². The molecule has 3 rings (SSSR count). The summed E-state index contributed by atoms with van der Waals surface area (Å²) in [5, 5.41) is 5.20. The van der Waals surface area contributed by atoms with Gasteiger partial charge in [0.1, 0.15) is 0 Å². The largest absolute Gasteiger partial charge is 0.573 e. The molecule has 1 atom stereocenters. The molecule has 1 saturated carbocycles. The zero-order valence-corrected chi connectivity index (χ0v) is 11.9. The van der Waals surface area contributed by atoms with Gasteiger partial charge in [-0.3, -0.25) is 0 Å². The summed E-state index contributed by atoms with van der Waals surface area (Å²) in [6, 6.07) is 10.2. The maximum absolute atomic E-state index is 12.5. The van der Waals surface area contributed by atoms with Gasteiger partial charge in [-0.25, -0.2) is 0 Å². The first kappa shape index (κ1) is 14.3. The number of anilines is 1. The first-order valence-electron chi connectivity index (χ1n) is 6.67. The number of nitrogens with one attached hydrogen (secondary N) is 1. The number of rotatable bonds is 5. The van der Waals surface area contributed by atoms with Gasteiger partial charge >= 0.3 is 6.36 Å². The van der Waals surface area contributed by atoms with Gasteiger partial charge in [0, 0.05) is 4.88 Å². The molecule has 1 aromatic carbocycles. The quantitative estimate of drug-likeness (QED) is 0.818. The third-order valence-corrected chi connectivity index (χ3v) is 4.32. The molecule has 2 aromatic rings. The second-order valence-corrected chi connectivity index (χ2v) is 6.00. The Bertz CT molecular complexity index is 593. The van der Waals surface area contributed by atoms with Crippen LogP contribution in [0.1, 0.15) is 23.8 Å². The van der Waals surface area contributed by atoms with Crippen molar-refractivity contribution >= 4 is 17.0 Å². The smallest absolute Gasteiger partial charge is 0.404 e. The van der Waals surface area contributed by atoms with Crippen LogP contribution >= 0.6 is 11.3 Å². The average molecular weight is 313 g/mol. The topological polar surface area (TPSA) is 21.3 Å². The van der Waals surface area contributed by atoms with Crippen molar-refractivity contribution in [3.8, 4) is 5.75 Å².